The van der Waals surface area contributed by atoms with Crippen LogP contribution in [0.5, 0.6) is 0 Å². The minimum Gasteiger partial charge on any atom is -0.321 e. The molecular weight excluding hydrogens is 358 g/mol. The summed E-state index contributed by atoms with van der Waals surface area (Å²) in [4.78, 5) is 16.1. The highest BCUT2D eigenvalue weighted by Gasteiger charge is 2.11. The van der Waals surface area contributed by atoms with Gasteiger partial charge in [0.2, 0.25) is 10.0 Å². The summed E-state index contributed by atoms with van der Waals surface area (Å²) in [5, 5.41) is 2.66. The molecule has 0 aliphatic rings. The van der Waals surface area contributed by atoms with Gasteiger partial charge in [0.1, 0.15) is 5.69 Å². The van der Waals surface area contributed by atoms with Gasteiger partial charge in [0, 0.05) is 16.4 Å². The van der Waals surface area contributed by atoms with E-state index < -0.39 is 10.0 Å². The number of halogens is 1. The van der Waals surface area contributed by atoms with Crippen LogP contribution in [-0.4, -0.2) is 25.6 Å². The number of aromatic nitrogens is 1. The Morgan fingerprint density at radius 1 is 1.19 bits per heavy atom. The fraction of sp³-hybridized carbons (Fsp3) is 0.0769. The first kappa shape index (κ1) is 15.5. The van der Waals surface area contributed by atoms with Gasteiger partial charge in [-0.25, -0.2) is 13.4 Å². The van der Waals surface area contributed by atoms with Gasteiger partial charge in [-0.15, -0.1) is 0 Å². The van der Waals surface area contributed by atoms with Crippen molar-refractivity contribution in [3.8, 4) is 0 Å². The summed E-state index contributed by atoms with van der Waals surface area (Å²) >= 11 is 3.25. The number of amides is 1. The normalized spacial score (nSPS) is 11.0. The maximum absolute atomic E-state index is 12.1. The molecule has 1 heterocycles. The van der Waals surface area contributed by atoms with Gasteiger partial charge in [-0.1, -0.05) is 6.07 Å². The largest absolute Gasteiger partial charge is 0.321 e. The molecule has 0 bridgehead atoms. The van der Waals surface area contributed by atoms with E-state index in [0.29, 0.717) is 15.8 Å². The highest BCUT2D eigenvalue weighted by molar-refractivity contribution is 9.10. The summed E-state index contributed by atoms with van der Waals surface area (Å²) < 4.78 is 25.3. The first-order chi connectivity index (χ1) is 9.85. The number of hydrogen-bond donors (Lipinski definition) is 2. The molecule has 2 aromatic rings. The summed E-state index contributed by atoms with van der Waals surface area (Å²) in [5.74, 6) is -0.390. The monoisotopic (exact) mass is 369 g/mol. The first-order valence-electron chi connectivity index (χ1n) is 5.85. The summed E-state index contributed by atoms with van der Waals surface area (Å²) in [7, 11) is -3.36. The standard InChI is InChI=1S/C13H12BrN3O3S/c1-21(19,20)17-10-5-2-4-9(8-10)16-13(18)12-11(14)6-3-7-15-12/h2-8,17H,1H3,(H,16,18). The Kier molecular flexibility index (Phi) is 4.59. The van der Waals surface area contributed by atoms with E-state index in [4.69, 9.17) is 0 Å². The quantitative estimate of drug-likeness (QED) is 0.866. The van der Waals surface area contributed by atoms with Crippen molar-refractivity contribution in [2.24, 2.45) is 0 Å². The molecule has 0 unspecified atom stereocenters. The lowest BCUT2D eigenvalue weighted by Crippen LogP contribution is -2.15. The Hall–Kier alpha value is -1.93. The Morgan fingerprint density at radius 3 is 2.57 bits per heavy atom. The molecule has 2 rings (SSSR count). The minimum atomic E-state index is -3.36. The molecule has 0 saturated carbocycles. The number of hydrogen-bond acceptors (Lipinski definition) is 4. The van der Waals surface area contributed by atoms with Crippen molar-refractivity contribution < 1.29 is 13.2 Å². The zero-order valence-corrected chi connectivity index (χ0v) is 13.4. The zero-order valence-electron chi connectivity index (χ0n) is 11.0. The highest BCUT2D eigenvalue weighted by Crippen LogP contribution is 2.19. The van der Waals surface area contributed by atoms with Crippen LogP contribution in [0, 0.1) is 0 Å². The van der Waals surface area contributed by atoms with Crippen molar-refractivity contribution >= 4 is 43.2 Å². The molecule has 0 saturated heterocycles. The number of pyridine rings is 1. The minimum absolute atomic E-state index is 0.249. The molecule has 2 N–H and O–H groups in total. The van der Waals surface area contributed by atoms with E-state index >= 15 is 0 Å². The maximum atomic E-state index is 12.1. The van der Waals surface area contributed by atoms with Crippen molar-refractivity contribution in [1.29, 1.82) is 0 Å². The number of rotatable bonds is 4. The van der Waals surface area contributed by atoms with Crippen LogP contribution in [0.4, 0.5) is 11.4 Å². The van der Waals surface area contributed by atoms with E-state index in [-0.39, 0.29) is 11.6 Å². The number of nitrogens with zero attached hydrogens (tertiary/aromatic N) is 1. The lowest BCUT2D eigenvalue weighted by Gasteiger charge is -2.08. The van der Waals surface area contributed by atoms with Crippen molar-refractivity contribution in [1.82, 2.24) is 4.98 Å². The number of carbonyl (C=O) groups is 1. The molecular formula is C13H12BrN3O3S. The molecule has 1 amide bonds. The molecule has 0 aliphatic heterocycles. The Balaban J connectivity index is 2.19. The van der Waals surface area contributed by atoms with Crippen LogP contribution >= 0.6 is 15.9 Å². The average molecular weight is 370 g/mol. The molecule has 8 heteroatoms. The fourth-order valence-electron chi connectivity index (χ4n) is 1.62. The third kappa shape index (κ3) is 4.54. The Bertz CT molecular complexity index is 778. The van der Waals surface area contributed by atoms with E-state index in [9.17, 15) is 13.2 Å². The van der Waals surface area contributed by atoms with Crippen molar-refractivity contribution in [2.75, 3.05) is 16.3 Å². The van der Waals surface area contributed by atoms with Crippen LogP contribution in [0.1, 0.15) is 10.5 Å². The maximum Gasteiger partial charge on any atom is 0.275 e. The van der Waals surface area contributed by atoms with Crippen molar-refractivity contribution in [3.63, 3.8) is 0 Å². The van der Waals surface area contributed by atoms with E-state index in [1.165, 1.54) is 12.3 Å². The molecule has 0 fully saturated rings. The van der Waals surface area contributed by atoms with Gasteiger partial charge in [0.15, 0.2) is 0 Å². The topological polar surface area (TPSA) is 88.2 Å². The van der Waals surface area contributed by atoms with Crippen LogP contribution in [0.2, 0.25) is 0 Å². The van der Waals surface area contributed by atoms with Crippen molar-refractivity contribution in [3.05, 3.63) is 52.8 Å². The third-order valence-corrected chi connectivity index (χ3v) is 3.64. The number of nitrogens with one attached hydrogen (secondary N) is 2. The van der Waals surface area contributed by atoms with Crippen LogP contribution in [0.3, 0.4) is 0 Å². The third-order valence-electron chi connectivity index (χ3n) is 2.40. The van der Waals surface area contributed by atoms with E-state index in [1.807, 2.05) is 0 Å². The summed E-state index contributed by atoms with van der Waals surface area (Å²) in [6.45, 7) is 0. The average Bonchev–Trinajstić information content (AvgIpc) is 2.37. The lowest BCUT2D eigenvalue weighted by atomic mass is 10.2. The first-order valence-corrected chi connectivity index (χ1v) is 8.53. The molecule has 0 radical (unpaired) electrons. The molecule has 6 nitrogen and oxygen atoms in total. The Labute approximate surface area is 130 Å². The number of sulfonamides is 1. The summed E-state index contributed by atoms with van der Waals surface area (Å²) in [5.41, 5.74) is 1.08. The lowest BCUT2D eigenvalue weighted by molar-refractivity contribution is 0.102. The SMILES string of the molecule is CS(=O)(=O)Nc1cccc(NC(=O)c2ncccc2Br)c1. The van der Waals surface area contributed by atoms with Crippen LogP contribution in [0.15, 0.2) is 47.1 Å². The summed E-state index contributed by atoms with van der Waals surface area (Å²) in [6, 6.07) is 9.82. The molecule has 1 aromatic heterocycles. The number of anilines is 2. The van der Waals surface area contributed by atoms with Gasteiger partial charge in [-0.3, -0.25) is 9.52 Å². The van der Waals surface area contributed by atoms with Gasteiger partial charge in [0.05, 0.1) is 11.9 Å². The van der Waals surface area contributed by atoms with Gasteiger partial charge in [0.25, 0.3) is 5.91 Å². The van der Waals surface area contributed by atoms with Crippen molar-refractivity contribution in [2.45, 2.75) is 0 Å². The fourth-order valence-corrected chi connectivity index (χ4v) is 2.61. The van der Waals surface area contributed by atoms with Gasteiger partial charge >= 0.3 is 0 Å². The predicted octanol–water partition coefficient (Wildman–Crippen LogP) is 2.47. The molecule has 21 heavy (non-hydrogen) atoms. The second-order valence-corrected chi connectivity index (χ2v) is 6.85. The molecule has 0 atom stereocenters. The highest BCUT2D eigenvalue weighted by atomic mass is 79.9. The van der Waals surface area contributed by atoms with E-state index in [0.717, 1.165) is 6.26 Å². The van der Waals surface area contributed by atoms with Crippen LogP contribution in [0.25, 0.3) is 0 Å². The van der Waals surface area contributed by atoms with Crippen LogP contribution < -0.4 is 10.0 Å². The second-order valence-electron chi connectivity index (χ2n) is 4.24. The Morgan fingerprint density at radius 2 is 1.90 bits per heavy atom. The smallest absolute Gasteiger partial charge is 0.275 e. The number of benzene rings is 1. The van der Waals surface area contributed by atoms with Gasteiger partial charge in [-0.05, 0) is 46.3 Å². The molecule has 0 spiro atoms. The van der Waals surface area contributed by atoms with E-state index in [1.54, 1.807) is 30.3 Å². The second kappa shape index (κ2) is 6.23. The number of carbonyl (C=O) groups excluding carboxylic acids is 1. The predicted molar refractivity (Wildman–Crippen MR) is 84.8 cm³/mol. The molecule has 110 valence electrons. The molecule has 1 aromatic carbocycles. The van der Waals surface area contributed by atoms with Gasteiger partial charge in [-0.2, -0.15) is 0 Å². The van der Waals surface area contributed by atoms with E-state index in [2.05, 4.69) is 31.0 Å². The molecule has 0 aliphatic carbocycles. The zero-order chi connectivity index (χ0) is 15.5. The van der Waals surface area contributed by atoms with Gasteiger partial charge < -0.3 is 5.32 Å². The summed E-state index contributed by atoms with van der Waals surface area (Å²) in [6.07, 6.45) is 2.57. The van der Waals surface area contributed by atoms with Crippen LogP contribution in [-0.2, 0) is 10.0 Å².